The zero-order valence-electron chi connectivity index (χ0n) is 7.73. The molecule has 2 heterocycles. The molecule has 1 unspecified atom stereocenters. The molecule has 0 saturated carbocycles. The van der Waals surface area contributed by atoms with Crippen molar-refractivity contribution in [2.45, 2.75) is 19.0 Å². The van der Waals surface area contributed by atoms with Gasteiger partial charge in [-0.15, -0.1) is 5.10 Å². The zero-order valence-corrected chi connectivity index (χ0v) is 8.55. The summed E-state index contributed by atoms with van der Waals surface area (Å²) in [5.74, 6) is 0. The van der Waals surface area contributed by atoms with Crippen LogP contribution in [0, 0.1) is 0 Å². The van der Waals surface area contributed by atoms with Crippen LogP contribution in [0.3, 0.4) is 0 Å². The van der Waals surface area contributed by atoms with Crippen LogP contribution < -0.4 is 5.32 Å². The minimum Gasteiger partial charge on any atom is -0.316 e. The summed E-state index contributed by atoms with van der Waals surface area (Å²) in [5, 5.41) is 9.36. The highest BCUT2D eigenvalue weighted by Crippen LogP contribution is 2.12. The van der Waals surface area contributed by atoms with E-state index in [-0.39, 0.29) is 0 Å². The van der Waals surface area contributed by atoms with Gasteiger partial charge in [-0.1, -0.05) is 4.49 Å². The van der Waals surface area contributed by atoms with E-state index < -0.39 is 0 Å². The first-order valence-electron chi connectivity index (χ1n) is 4.54. The molecule has 1 atom stereocenters. The molecule has 72 valence electrons. The van der Waals surface area contributed by atoms with Crippen molar-refractivity contribution in [1.82, 2.24) is 19.8 Å². The van der Waals surface area contributed by atoms with E-state index in [1.807, 2.05) is 12.4 Å². The summed E-state index contributed by atoms with van der Waals surface area (Å²) in [6.45, 7) is 3.26. The molecule has 1 aliphatic rings. The first kappa shape index (κ1) is 9.05. The summed E-state index contributed by atoms with van der Waals surface area (Å²) in [5.41, 5.74) is 1.10. The lowest BCUT2D eigenvalue weighted by Crippen LogP contribution is -2.29. The van der Waals surface area contributed by atoms with E-state index in [2.05, 4.69) is 19.8 Å². The number of rotatable bonds is 3. The van der Waals surface area contributed by atoms with Crippen LogP contribution in [-0.2, 0) is 6.54 Å². The van der Waals surface area contributed by atoms with E-state index in [0.29, 0.717) is 6.04 Å². The fraction of sp³-hybridized carbons (Fsp3) is 0.750. The van der Waals surface area contributed by atoms with Crippen molar-refractivity contribution in [1.29, 1.82) is 0 Å². The lowest BCUT2D eigenvalue weighted by Gasteiger charge is -2.13. The van der Waals surface area contributed by atoms with Gasteiger partial charge in [0.1, 0.15) is 0 Å². The van der Waals surface area contributed by atoms with Gasteiger partial charge in [0.2, 0.25) is 0 Å². The highest BCUT2D eigenvalue weighted by Gasteiger charge is 2.21. The Morgan fingerprint density at radius 2 is 2.69 bits per heavy atom. The quantitative estimate of drug-likeness (QED) is 0.760. The Labute approximate surface area is 82.1 Å². The third kappa shape index (κ3) is 2.24. The van der Waals surface area contributed by atoms with Gasteiger partial charge < -0.3 is 5.32 Å². The largest absolute Gasteiger partial charge is 0.316 e. The van der Waals surface area contributed by atoms with Gasteiger partial charge in [-0.2, -0.15) is 0 Å². The van der Waals surface area contributed by atoms with Gasteiger partial charge in [-0.05, 0) is 25.0 Å². The second-order valence-corrected chi connectivity index (χ2v) is 4.02. The number of likely N-dealkylation sites (N-methyl/N-ethyl adjacent to an activating group) is 1. The van der Waals surface area contributed by atoms with Crippen molar-refractivity contribution >= 4 is 11.5 Å². The lowest BCUT2D eigenvalue weighted by molar-refractivity contribution is 0.318. The molecule has 1 fully saturated rings. The van der Waals surface area contributed by atoms with Crippen LogP contribution in [0.15, 0.2) is 5.38 Å². The number of hydrogen-bond acceptors (Lipinski definition) is 5. The van der Waals surface area contributed by atoms with E-state index in [1.54, 1.807) is 0 Å². The minimum atomic E-state index is 0.659. The van der Waals surface area contributed by atoms with Gasteiger partial charge in [0.25, 0.3) is 0 Å². The normalized spacial score (nSPS) is 23.9. The van der Waals surface area contributed by atoms with Crippen molar-refractivity contribution < 1.29 is 0 Å². The molecular weight excluding hydrogens is 184 g/mol. The molecule has 1 N–H and O–H groups in total. The predicted molar refractivity (Wildman–Crippen MR) is 52.7 cm³/mol. The van der Waals surface area contributed by atoms with Crippen LogP contribution in [0.1, 0.15) is 12.1 Å². The van der Waals surface area contributed by atoms with Crippen LogP contribution in [0.5, 0.6) is 0 Å². The predicted octanol–water partition coefficient (Wildman–Crippen LogP) is 0.332. The van der Waals surface area contributed by atoms with Gasteiger partial charge in [-0.25, -0.2) is 0 Å². The number of nitrogens with one attached hydrogen (secondary N) is 1. The second-order valence-electron chi connectivity index (χ2n) is 3.41. The molecule has 0 bridgehead atoms. The topological polar surface area (TPSA) is 41.0 Å². The molecule has 0 spiro atoms. The SMILES string of the molecule is CNC1CCN(Cc2csnn2)C1. The Bertz CT molecular complexity index is 249. The van der Waals surface area contributed by atoms with Crippen LogP contribution in [0.2, 0.25) is 0 Å². The molecule has 2 rings (SSSR count). The smallest absolute Gasteiger partial charge is 0.0895 e. The summed E-state index contributed by atoms with van der Waals surface area (Å²) in [6.07, 6.45) is 1.24. The standard InChI is InChI=1S/C8H14N4S/c1-9-7-2-3-12(4-7)5-8-6-13-11-10-8/h6-7,9H,2-5H2,1H3. The van der Waals surface area contributed by atoms with Crippen LogP contribution in [-0.4, -0.2) is 40.7 Å². The van der Waals surface area contributed by atoms with E-state index in [9.17, 15) is 0 Å². The van der Waals surface area contributed by atoms with Gasteiger partial charge >= 0.3 is 0 Å². The van der Waals surface area contributed by atoms with Crippen molar-refractivity contribution in [2.24, 2.45) is 0 Å². The average Bonchev–Trinajstić information content (AvgIpc) is 2.76. The summed E-state index contributed by atoms with van der Waals surface area (Å²) >= 11 is 1.43. The fourth-order valence-electron chi connectivity index (χ4n) is 1.69. The molecule has 4 nitrogen and oxygen atoms in total. The van der Waals surface area contributed by atoms with Crippen molar-refractivity contribution in [3.63, 3.8) is 0 Å². The molecular formula is C8H14N4S. The molecule has 1 aromatic rings. The Hall–Kier alpha value is -0.520. The summed E-state index contributed by atoms with van der Waals surface area (Å²) in [7, 11) is 2.03. The number of nitrogens with zero attached hydrogens (tertiary/aromatic N) is 3. The molecule has 1 aliphatic heterocycles. The zero-order chi connectivity index (χ0) is 9.10. The van der Waals surface area contributed by atoms with E-state index >= 15 is 0 Å². The van der Waals surface area contributed by atoms with Crippen molar-refractivity contribution in [3.8, 4) is 0 Å². The summed E-state index contributed by atoms with van der Waals surface area (Å²) < 4.78 is 3.85. The Kier molecular flexibility index (Phi) is 2.87. The van der Waals surface area contributed by atoms with Gasteiger partial charge in [0.05, 0.1) is 5.69 Å². The first-order chi connectivity index (χ1) is 6.38. The third-order valence-electron chi connectivity index (χ3n) is 2.47. The number of likely N-dealkylation sites (tertiary alicyclic amines) is 1. The number of hydrogen-bond donors (Lipinski definition) is 1. The molecule has 1 aromatic heterocycles. The third-order valence-corrected chi connectivity index (χ3v) is 3.02. The minimum absolute atomic E-state index is 0.659. The Morgan fingerprint density at radius 1 is 1.77 bits per heavy atom. The highest BCUT2D eigenvalue weighted by molar-refractivity contribution is 7.03. The summed E-state index contributed by atoms with van der Waals surface area (Å²) in [6, 6.07) is 0.659. The molecule has 1 saturated heterocycles. The van der Waals surface area contributed by atoms with E-state index in [1.165, 1.54) is 24.5 Å². The van der Waals surface area contributed by atoms with Gasteiger partial charge in [0.15, 0.2) is 0 Å². The maximum Gasteiger partial charge on any atom is 0.0895 e. The molecule has 13 heavy (non-hydrogen) atoms. The molecule has 5 heteroatoms. The number of aromatic nitrogens is 2. The van der Waals surface area contributed by atoms with Gasteiger partial charge in [0, 0.05) is 31.1 Å². The van der Waals surface area contributed by atoms with E-state index in [0.717, 1.165) is 18.8 Å². The van der Waals surface area contributed by atoms with Crippen molar-refractivity contribution in [2.75, 3.05) is 20.1 Å². The second kappa shape index (κ2) is 4.13. The van der Waals surface area contributed by atoms with Crippen LogP contribution in [0.25, 0.3) is 0 Å². The average molecular weight is 198 g/mol. The maximum atomic E-state index is 4.04. The van der Waals surface area contributed by atoms with Crippen molar-refractivity contribution in [3.05, 3.63) is 11.1 Å². The molecule has 0 aromatic carbocycles. The van der Waals surface area contributed by atoms with Crippen LogP contribution >= 0.6 is 11.5 Å². The monoisotopic (exact) mass is 198 g/mol. The Morgan fingerprint density at radius 3 is 3.31 bits per heavy atom. The molecule has 0 radical (unpaired) electrons. The van der Waals surface area contributed by atoms with Gasteiger partial charge in [-0.3, -0.25) is 4.90 Å². The highest BCUT2D eigenvalue weighted by atomic mass is 32.1. The molecule has 0 amide bonds. The van der Waals surface area contributed by atoms with Crippen LogP contribution in [0.4, 0.5) is 0 Å². The Balaban J connectivity index is 1.84. The lowest BCUT2D eigenvalue weighted by atomic mass is 10.3. The molecule has 0 aliphatic carbocycles. The maximum absolute atomic E-state index is 4.04. The first-order valence-corrected chi connectivity index (χ1v) is 5.37. The summed E-state index contributed by atoms with van der Waals surface area (Å²) in [4.78, 5) is 2.41. The fourth-order valence-corrected chi connectivity index (χ4v) is 2.14. The van der Waals surface area contributed by atoms with E-state index in [4.69, 9.17) is 0 Å².